The van der Waals surface area contributed by atoms with Gasteiger partial charge in [0.25, 0.3) is 0 Å². The van der Waals surface area contributed by atoms with Crippen LogP contribution >= 0.6 is 0 Å². The summed E-state index contributed by atoms with van der Waals surface area (Å²) in [5.74, 6) is -0.356. The van der Waals surface area contributed by atoms with Crippen molar-refractivity contribution in [3.05, 3.63) is 49.6 Å². The van der Waals surface area contributed by atoms with Gasteiger partial charge in [-0.15, -0.1) is 24.8 Å². The molecular formula is C13H19NO2. The predicted octanol–water partition coefficient (Wildman–Crippen LogP) is 2.64. The highest BCUT2D eigenvalue weighted by molar-refractivity contribution is 5.87. The molecule has 3 heteroatoms. The predicted molar refractivity (Wildman–Crippen MR) is 66.6 cm³/mol. The Morgan fingerprint density at radius 2 is 1.75 bits per heavy atom. The van der Waals surface area contributed by atoms with Crippen molar-refractivity contribution in [1.82, 2.24) is 5.06 Å². The van der Waals surface area contributed by atoms with Crippen molar-refractivity contribution >= 4 is 5.97 Å². The maximum Gasteiger partial charge on any atom is 0.352 e. The van der Waals surface area contributed by atoms with E-state index in [-0.39, 0.29) is 5.97 Å². The largest absolute Gasteiger partial charge is 0.364 e. The quantitative estimate of drug-likeness (QED) is 0.358. The van der Waals surface area contributed by atoms with Crippen molar-refractivity contribution in [3.8, 4) is 0 Å². The first kappa shape index (κ1) is 14.4. The monoisotopic (exact) mass is 221 g/mol. The summed E-state index contributed by atoms with van der Waals surface area (Å²) >= 11 is 0. The Labute approximate surface area is 97.3 Å². The molecule has 0 saturated carbocycles. The summed E-state index contributed by atoms with van der Waals surface area (Å²) in [6.07, 6.45) is 7.49. The molecule has 0 aromatic rings. The summed E-state index contributed by atoms with van der Waals surface area (Å²) in [6.45, 7) is 13.4. The van der Waals surface area contributed by atoms with E-state index in [1.165, 1.54) is 5.06 Å². The van der Waals surface area contributed by atoms with E-state index >= 15 is 0 Å². The molecule has 88 valence electrons. The molecule has 0 saturated heterocycles. The minimum absolute atomic E-state index is 0.356. The van der Waals surface area contributed by atoms with Gasteiger partial charge < -0.3 is 4.84 Å². The average Bonchev–Trinajstić information content (AvgIpc) is 2.26. The van der Waals surface area contributed by atoms with E-state index in [2.05, 4.69) is 19.7 Å². The zero-order chi connectivity index (χ0) is 12.4. The van der Waals surface area contributed by atoms with Gasteiger partial charge in [-0.3, -0.25) is 0 Å². The summed E-state index contributed by atoms with van der Waals surface area (Å²) in [5.41, 5.74) is 0.568. The van der Waals surface area contributed by atoms with Crippen LogP contribution in [0.5, 0.6) is 0 Å². The van der Waals surface area contributed by atoms with Crippen molar-refractivity contribution < 1.29 is 9.63 Å². The normalized spacial score (nSPS) is 11.0. The lowest BCUT2D eigenvalue weighted by molar-refractivity contribution is -0.180. The summed E-state index contributed by atoms with van der Waals surface area (Å²) < 4.78 is 0. The molecular weight excluding hydrogens is 202 g/mol. The third kappa shape index (κ3) is 5.98. The SMILES string of the molecule is C=CCC=C(C)C(=O)ON(CC=C)CC=C. The summed E-state index contributed by atoms with van der Waals surface area (Å²) in [4.78, 5) is 16.7. The Morgan fingerprint density at radius 1 is 1.19 bits per heavy atom. The number of hydroxylamine groups is 2. The van der Waals surface area contributed by atoms with Crippen LogP contribution in [-0.2, 0) is 9.63 Å². The molecule has 0 unspecified atom stereocenters. The molecule has 0 aromatic heterocycles. The van der Waals surface area contributed by atoms with Gasteiger partial charge in [-0.05, 0) is 13.3 Å². The second-order valence-corrected chi connectivity index (χ2v) is 3.21. The van der Waals surface area contributed by atoms with Crippen LogP contribution in [0.2, 0.25) is 0 Å². The van der Waals surface area contributed by atoms with Crippen molar-refractivity contribution in [1.29, 1.82) is 0 Å². The third-order valence-corrected chi connectivity index (χ3v) is 1.79. The Bertz CT molecular complexity index is 282. The van der Waals surface area contributed by atoms with Crippen LogP contribution < -0.4 is 0 Å². The lowest BCUT2D eigenvalue weighted by Crippen LogP contribution is -2.28. The number of carbonyl (C=O) groups is 1. The number of hydrogen-bond donors (Lipinski definition) is 0. The standard InChI is InChI=1S/C13H19NO2/c1-5-8-9-12(4)13(15)16-14(10-6-2)11-7-3/h5-7,9H,1-3,8,10-11H2,4H3. The molecule has 0 aromatic carbocycles. The van der Waals surface area contributed by atoms with Gasteiger partial charge in [0.15, 0.2) is 0 Å². The van der Waals surface area contributed by atoms with Crippen molar-refractivity contribution in [2.24, 2.45) is 0 Å². The lowest BCUT2D eigenvalue weighted by atomic mass is 10.2. The van der Waals surface area contributed by atoms with Crippen LogP contribution in [0.25, 0.3) is 0 Å². The van der Waals surface area contributed by atoms with E-state index in [1.807, 2.05) is 0 Å². The molecule has 0 aliphatic rings. The second-order valence-electron chi connectivity index (χ2n) is 3.21. The maximum atomic E-state index is 11.6. The average molecular weight is 221 g/mol. The van der Waals surface area contributed by atoms with Crippen LogP contribution in [0, 0.1) is 0 Å². The molecule has 0 amide bonds. The van der Waals surface area contributed by atoms with Gasteiger partial charge in [-0.2, -0.15) is 0 Å². The number of nitrogens with zero attached hydrogens (tertiary/aromatic N) is 1. The molecule has 0 atom stereocenters. The highest BCUT2D eigenvalue weighted by Gasteiger charge is 2.10. The summed E-state index contributed by atoms with van der Waals surface area (Å²) in [5, 5.41) is 1.49. The van der Waals surface area contributed by atoms with Gasteiger partial charge in [0.05, 0.1) is 13.1 Å². The van der Waals surface area contributed by atoms with Crippen LogP contribution in [0.15, 0.2) is 49.6 Å². The van der Waals surface area contributed by atoms with E-state index in [0.717, 1.165) is 0 Å². The molecule has 3 nitrogen and oxygen atoms in total. The minimum atomic E-state index is -0.356. The second kappa shape index (κ2) is 8.68. The van der Waals surface area contributed by atoms with Crippen LogP contribution in [0.3, 0.4) is 0 Å². The molecule has 0 radical (unpaired) electrons. The van der Waals surface area contributed by atoms with E-state index in [4.69, 9.17) is 4.84 Å². The van der Waals surface area contributed by atoms with E-state index < -0.39 is 0 Å². The first-order chi connectivity index (χ1) is 7.65. The Balaban J connectivity index is 4.31. The van der Waals surface area contributed by atoms with E-state index in [9.17, 15) is 4.79 Å². The number of hydrogen-bond acceptors (Lipinski definition) is 3. The fraction of sp³-hybridized carbons (Fsp3) is 0.308. The van der Waals surface area contributed by atoms with Gasteiger partial charge in [-0.25, -0.2) is 4.79 Å². The smallest absolute Gasteiger partial charge is 0.352 e. The molecule has 0 aliphatic carbocycles. The van der Waals surface area contributed by atoms with Crippen LogP contribution in [-0.4, -0.2) is 24.1 Å². The minimum Gasteiger partial charge on any atom is -0.364 e. The van der Waals surface area contributed by atoms with Gasteiger partial charge in [0.1, 0.15) is 0 Å². The molecule has 16 heavy (non-hydrogen) atoms. The molecule has 0 heterocycles. The highest BCUT2D eigenvalue weighted by atomic mass is 16.7. The summed E-state index contributed by atoms with van der Waals surface area (Å²) in [7, 11) is 0. The fourth-order valence-electron chi connectivity index (χ4n) is 0.970. The lowest BCUT2D eigenvalue weighted by Gasteiger charge is -2.17. The molecule has 0 spiro atoms. The maximum absolute atomic E-state index is 11.6. The van der Waals surface area contributed by atoms with Gasteiger partial charge >= 0.3 is 5.97 Å². The van der Waals surface area contributed by atoms with Crippen LogP contribution in [0.4, 0.5) is 0 Å². The molecule has 0 N–H and O–H groups in total. The molecule has 0 fully saturated rings. The first-order valence-electron chi connectivity index (χ1n) is 5.12. The topological polar surface area (TPSA) is 29.5 Å². The van der Waals surface area contributed by atoms with E-state index in [0.29, 0.717) is 25.1 Å². The fourth-order valence-corrected chi connectivity index (χ4v) is 0.970. The van der Waals surface area contributed by atoms with Crippen LogP contribution in [0.1, 0.15) is 13.3 Å². The van der Waals surface area contributed by atoms with Gasteiger partial charge in [0.2, 0.25) is 0 Å². The molecule has 0 rings (SSSR count). The van der Waals surface area contributed by atoms with Gasteiger partial charge in [0, 0.05) is 5.57 Å². The molecule has 0 bridgehead atoms. The zero-order valence-corrected chi connectivity index (χ0v) is 9.82. The zero-order valence-electron chi connectivity index (χ0n) is 9.82. The van der Waals surface area contributed by atoms with Crippen molar-refractivity contribution in [3.63, 3.8) is 0 Å². The van der Waals surface area contributed by atoms with Gasteiger partial charge in [-0.1, -0.05) is 24.3 Å². The van der Waals surface area contributed by atoms with Crippen molar-refractivity contribution in [2.75, 3.05) is 13.1 Å². The third-order valence-electron chi connectivity index (χ3n) is 1.79. The Morgan fingerprint density at radius 3 is 2.19 bits per heavy atom. The van der Waals surface area contributed by atoms with E-state index in [1.54, 1.807) is 31.2 Å². The van der Waals surface area contributed by atoms with Crippen molar-refractivity contribution in [2.45, 2.75) is 13.3 Å². The number of rotatable bonds is 8. The number of carbonyl (C=O) groups excluding carboxylic acids is 1. The molecule has 0 aliphatic heterocycles. The Hall–Kier alpha value is -1.61. The Kier molecular flexibility index (Phi) is 7.81. The number of allylic oxidation sites excluding steroid dienone is 2. The summed E-state index contributed by atoms with van der Waals surface area (Å²) in [6, 6.07) is 0. The highest BCUT2D eigenvalue weighted by Crippen LogP contribution is 2.02. The first-order valence-corrected chi connectivity index (χ1v) is 5.12.